The van der Waals surface area contributed by atoms with Gasteiger partial charge in [0.15, 0.2) is 5.71 Å². The number of benzene rings is 3. The Morgan fingerprint density at radius 3 is 1.91 bits per heavy atom. The summed E-state index contributed by atoms with van der Waals surface area (Å²) in [4.78, 5) is 29.8. The molecule has 0 spiro atoms. The molecule has 0 unspecified atom stereocenters. The van der Waals surface area contributed by atoms with Crippen LogP contribution in [-0.2, 0) is 31.1 Å². The second-order valence-electron chi connectivity index (χ2n) is 19.3. The zero-order valence-electron chi connectivity index (χ0n) is 39.6. The summed E-state index contributed by atoms with van der Waals surface area (Å²) in [5.74, 6) is -1.18. The number of amides is 2. The fraction of sp³-hybridized carbons (Fsp3) is 0.442. The number of unbranched alkanes of at least 4 members (excludes halogenated alkanes) is 2. The molecule has 1 aliphatic carbocycles. The van der Waals surface area contributed by atoms with Crippen LogP contribution >= 0.6 is 0 Å². The predicted molar refractivity (Wildman–Crippen MR) is 265 cm³/mol. The number of carbonyl (C=O) groups excluding carboxylic acids is 2. The van der Waals surface area contributed by atoms with Crippen LogP contribution < -0.4 is 15.5 Å². The van der Waals surface area contributed by atoms with Gasteiger partial charge in [-0.15, -0.1) is 0 Å². The van der Waals surface area contributed by atoms with E-state index in [1.54, 1.807) is 6.07 Å². The molecule has 2 aliphatic heterocycles. The Balaban J connectivity index is 1.55. The van der Waals surface area contributed by atoms with Crippen LogP contribution in [0, 0.1) is 0 Å². The van der Waals surface area contributed by atoms with Gasteiger partial charge in [0, 0.05) is 70.7 Å². The van der Waals surface area contributed by atoms with Gasteiger partial charge in [-0.25, -0.2) is 0 Å². The van der Waals surface area contributed by atoms with E-state index in [1.165, 1.54) is 0 Å². The van der Waals surface area contributed by atoms with E-state index < -0.39 is 31.1 Å². The highest BCUT2D eigenvalue weighted by atomic mass is 32.2. The van der Waals surface area contributed by atoms with Gasteiger partial charge in [0.1, 0.15) is 6.54 Å². The average Bonchev–Trinajstić information content (AvgIpc) is 3.58. The number of rotatable bonds is 18. The lowest BCUT2D eigenvalue weighted by Crippen LogP contribution is -2.32. The molecule has 3 aromatic rings. The lowest BCUT2D eigenvalue weighted by atomic mass is 9.79. The first-order valence-corrected chi connectivity index (χ1v) is 26.3. The predicted octanol–water partition coefficient (Wildman–Crippen LogP) is 9.48. The molecule has 6 rings (SSSR count). The molecule has 66 heavy (non-hydrogen) atoms. The highest BCUT2D eigenvalue weighted by molar-refractivity contribution is 7.86. The summed E-state index contributed by atoms with van der Waals surface area (Å²) in [5, 5.41) is 6.03. The molecular weight excluding hydrogens is 873 g/mol. The molecule has 0 saturated carbocycles. The summed E-state index contributed by atoms with van der Waals surface area (Å²) in [7, 11) is -8.18. The van der Waals surface area contributed by atoms with Gasteiger partial charge in [-0.05, 0) is 138 Å². The van der Waals surface area contributed by atoms with E-state index in [0.29, 0.717) is 49.9 Å². The second-order valence-corrected chi connectivity index (χ2v) is 22.5. The third kappa shape index (κ3) is 11.9. The topological polar surface area (TPSA) is 173 Å². The van der Waals surface area contributed by atoms with E-state index in [1.807, 2.05) is 64.1 Å². The molecule has 14 heteroatoms. The van der Waals surface area contributed by atoms with Gasteiger partial charge in [0.05, 0.1) is 16.9 Å². The Labute approximate surface area is 392 Å². The maximum absolute atomic E-state index is 13.8. The van der Waals surface area contributed by atoms with Crippen LogP contribution in [0.25, 0.3) is 5.57 Å². The lowest BCUT2D eigenvalue weighted by Gasteiger charge is -2.28. The van der Waals surface area contributed by atoms with E-state index >= 15 is 0 Å². The summed E-state index contributed by atoms with van der Waals surface area (Å²) in [6.45, 7) is 17.4. The van der Waals surface area contributed by atoms with Crippen molar-refractivity contribution < 1.29 is 40.1 Å². The molecule has 2 amide bonds. The molecule has 354 valence electrons. The second kappa shape index (κ2) is 20.4. The molecule has 12 nitrogen and oxygen atoms in total. The van der Waals surface area contributed by atoms with Crippen LogP contribution in [0.15, 0.2) is 108 Å². The molecule has 4 N–H and O–H groups in total. The molecule has 3 aromatic carbocycles. The molecule has 0 bridgehead atoms. The van der Waals surface area contributed by atoms with Gasteiger partial charge < -0.3 is 15.5 Å². The highest BCUT2D eigenvalue weighted by Gasteiger charge is 2.44. The van der Waals surface area contributed by atoms with Crippen molar-refractivity contribution in [3.63, 3.8) is 0 Å². The molecule has 0 atom stereocenters. The van der Waals surface area contributed by atoms with Gasteiger partial charge in [-0.1, -0.05) is 62.4 Å². The number of para-hydroxylation sites is 2. The maximum Gasteiger partial charge on any atom is 0.264 e. The fourth-order valence-corrected chi connectivity index (χ4v) is 10.7. The number of hydrogen-bond acceptors (Lipinski definition) is 7. The summed E-state index contributed by atoms with van der Waals surface area (Å²) in [6, 6.07) is 21.6. The van der Waals surface area contributed by atoms with E-state index in [2.05, 4.69) is 96.4 Å². The van der Waals surface area contributed by atoms with E-state index in [4.69, 9.17) is 0 Å². The molecular formula is C52H67N4O8S2+. The number of nitrogens with zero attached hydrogens (tertiary/aromatic N) is 2. The van der Waals surface area contributed by atoms with Gasteiger partial charge >= 0.3 is 0 Å². The number of anilines is 1. The Morgan fingerprint density at radius 2 is 1.30 bits per heavy atom. The quantitative estimate of drug-likeness (QED) is 0.0551. The maximum atomic E-state index is 13.8. The van der Waals surface area contributed by atoms with Crippen molar-refractivity contribution in [3.05, 3.63) is 136 Å². The zero-order valence-corrected chi connectivity index (χ0v) is 41.3. The number of carbonyl (C=O) groups is 2. The minimum absolute atomic E-state index is 0.134. The number of nitrogens with one attached hydrogen (secondary N) is 2. The molecule has 0 fully saturated rings. The van der Waals surface area contributed by atoms with Crippen LogP contribution in [-0.4, -0.2) is 84.7 Å². The number of fused-ring (bicyclic) bond motifs is 2. The van der Waals surface area contributed by atoms with Crippen LogP contribution in [0.3, 0.4) is 0 Å². The minimum atomic E-state index is -4.09. The molecule has 2 heterocycles. The van der Waals surface area contributed by atoms with Crippen molar-refractivity contribution in [2.45, 2.75) is 123 Å². The van der Waals surface area contributed by atoms with Gasteiger partial charge in [0.2, 0.25) is 5.69 Å². The Kier molecular flexibility index (Phi) is 15.5. The van der Waals surface area contributed by atoms with Crippen LogP contribution in [0.2, 0.25) is 0 Å². The Morgan fingerprint density at radius 1 is 0.727 bits per heavy atom. The third-order valence-corrected chi connectivity index (χ3v) is 14.3. The largest absolute Gasteiger partial charge is 0.350 e. The number of hydrogen-bond donors (Lipinski definition) is 4. The SMILES string of the molecule is CC(C)NC(=O)c1cc(C(=O)NC(C)C)cc(C2=C(/C=C/C3=[N+](CCCCS(=O)(=O)O)c4ccccc4C3(C)C)CCC/C2=C\C=C2\N(CCCCS(=O)(=O)O)c3ccccc3C2(C)C)c1. The van der Waals surface area contributed by atoms with Crippen LogP contribution in [0.1, 0.15) is 138 Å². The summed E-state index contributed by atoms with van der Waals surface area (Å²) < 4.78 is 67.5. The van der Waals surface area contributed by atoms with E-state index in [-0.39, 0.29) is 35.4 Å². The summed E-state index contributed by atoms with van der Waals surface area (Å²) in [5.41, 5.74) is 10.1. The fourth-order valence-electron chi connectivity index (χ4n) is 9.59. The van der Waals surface area contributed by atoms with Gasteiger partial charge in [-0.3, -0.25) is 18.7 Å². The van der Waals surface area contributed by atoms with Gasteiger partial charge in [-0.2, -0.15) is 21.4 Å². The molecule has 0 radical (unpaired) electrons. The number of allylic oxidation sites excluding steroid dienone is 8. The monoisotopic (exact) mass is 939 g/mol. The molecule has 0 aromatic heterocycles. The highest BCUT2D eigenvalue weighted by Crippen LogP contribution is 2.48. The van der Waals surface area contributed by atoms with Crippen molar-refractivity contribution in [1.82, 2.24) is 10.6 Å². The first-order valence-electron chi connectivity index (χ1n) is 23.1. The average molecular weight is 940 g/mol. The Bertz CT molecular complexity index is 2700. The van der Waals surface area contributed by atoms with Crippen LogP contribution in [0.4, 0.5) is 11.4 Å². The lowest BCUT2D eigenvalue weighted by molar-refractivity contribution is -0.438. The molecule has 3 aliphatic rings. The van der Waals surface area contributed by atoms with Crippen molar-refractivity contribution in [2.24, 2.45) is 0 Å². The smallest absolute Gasteiger partial charge is 0.264 e. The summed E-state index contributed by atoms with van der Waals surface area (Å²) in [6.07, 6.45) is 12.6. The Hall–Kier alpha value is -5.15. The minimum Gasteiger partial charge on any atom is -0.350 e. The normalized spacial score (nSPS) is 18.3. The van der Waals surface area contributed by atoms with Crippen molar-refractivity contribution in [3.8, 4) is 0 Å². The summed E-state index contributed by atoms with van der Waals surface area (Å²) >= 11 is 0. The first kappa shape index (κ1) is 50.3. The molecule has 0 saturated heterocycles. The van der Waals surface area contributed by atoms with Crippen molar-refractivity contribution >= 4 is 54.7 Å². The van der Waals surface area contributed by atoms with Gasteiger partial charge in [0.25, 0.3) is 32.1 Å². The van der Waals surface area contributed by atoms with Crippen molar-refractivity contribution in [2.75, 3.05) is 29.5 Å². The van der Waals surface area contributed by atoms with Crippen molar-refractivity contribution in [1.29, 1.82) is 0 Å². The third-order valence-electron chi connectivity index (χ3n) is 12.7. The zero-order chi connectivity index (χ0) is 48.2. The first-order chi connectivity index (χ1) is 31.0. The standard InChI is InChI=1S/C52H66N4O8S2/c1-35(2)53-49(57)40-32-39(33-41(34-40)50(58)54-36(3)4)48-37(24-26-46-51(5,6)42-20-9-11-22-44(42)55(46)28-13-15-30-65(59,60)61)18-17-19-38(48)25-27-47-52(7,8)43-21-10-12-23-45(43)56(47)29-14-16-31-66(62,63)64/h9-12,20-27,32-36H,13-19,28-31H2,1-8H3,(H3-,53,54,57,58,59,60,61,62,63,64)/p+1. The van der Waals surface area contributed by atoms with E-state index in [0.717, 1.165) is 75.5 Å². The van der Waals surface area contributed by atoms with E-state index in [9.17, 15) is 35.5 Å². The van der Waals surface area contributed by atoms with Crippen LogP contribution in [0.5, 0.6) is 0 Å².